The van der Waals surface area contributed by atoms with Gasteiger partial charge in [-0.05, 0) is 30.5 Å². The highest BCUT2D eigenvalue weighted by Crippen LogP contribution is 2.33. The molecule has 114 valence electrons. The van der Waals surface area contributed by atoms with Crippen LogP contribution < -0.4 is 10.5 Å². The average Bonchev–Trinajstić information content (AvgIpc) is 2.28. The molecule has 20 heavy (non-hydrogen) atoms. The molecule has 0 spiro atoms. The van der Waals surface area contributed by atoms with Crippen molar-refractivity contribution in [3.8, 4) is 0 Å². The molecule has 0 bridgehead atoms. The van der Waals surface area contributed by atoms with Gasteiger partial charge >= 0.3 is 6.18 Å². The lowest BCUT2D eigenvalue weighted by Crippen LogP contribution is -2.19. The number of nitrogen functional groups attached to an aromatic ring is 1. The number of hydrogen-bond acceptors (Lipinski definition) is 3. The van der Waals surface area contributed by atoms with E-state index in [1.165, 1.54) is 0 Å². The van der Waals surface area contributed by atoms with Gasteiger partial charge in [0, 0.05) is 0 Å². The Morgan fingerprint density at radius 1 is 1.30 bits per heavy atom. The lowest BCUT2D eigenvalue weighted by molar-refractivity contribution is -0.137. The van der Waals surface area contributed by atoms with Crippen LogP contribution in [0.25, 0.3) is 0 Å². The van der Waals surface area contributed by atoms with Gasteiger partial charge in [0.2, 0.25) is 10.0 Å². The van der Waals surface area contributed by atoms with E-state index in [0.717, 1.165) is 12.1 Å². The van der Waals surface area contributed by atoms with Crippen molar-refractivity contribution in [2.24, 2.45) is 5.92 Å². The van der Waals surface area contributed by atoms with Gasteiger partial charge in [0.05, 0.1) is 22.7 Å². The van der Waals surface area contributed by atoms with E-state index in [2.05, 4.69) is 4.72 Å². The van der Waals surface area contributed by atoms with E-state index in [1.54, 1.807) is 0 Å². The van der Waals surface area contributed by atoms with Crippen LogP contribution in [0.15, 0.2) is 18.2 Å². The van der Waals surface area contributed by atoms with Crippen molar-refractivity contribution in [3.63, 3.8) is 0 Å². The molecule has 0 heterocycles. The molecule has 0 saturated heterocycles. The summed E-state index contributed by atoms with van der Waals surface area (Å²) >= 11 is 0. The molecule has 4 nitrogen and oxygen atoms in total. The molecule has 0 aliphatic carbocycles. The Balaban J connectivity index is 2.89. The summed E-state index contributed by atoms with van der Waals surface area (Å²) in [7, 11) is -3.61. The van der Waals surface area contributed by atoms with Gasteiger partial charge in [-0.15, -0.1) is 0 Å². The van der Waals surface area contributed by atoms with Gasteiger partial charge in [-0.25, -0.2) is 8.42 Å². The Hall–Kier alpha value is -1.44. The molecule has 0 aliphatic rings. The van der Waals surface area contributed by atoms with Crippen LogP contribution in [0.1, 0.15) is 25.8 Å². The maximum Gasteiger partial charge on any atom is 0.416 e. The monoisotopic (exact) mass is 310 g/mol. The molecule has 0 atom stereocenters. The second-order valence-electron chi connectivity index (χ2n) is 4.90. The number of benzene rings is 1. The minimum absolute atomic E-state index is 0.0400. The van der Waals surface area contributed by atoms with Gasteiger partial charge in [-0.1, -0.05) is 13.8 Å². The summed E-state index contributed by atoms with van der Waals surface area (Å²) in [5, 5.41) is 0. The van der Waals surface area contributed by atoms with Crippen molar-refractivity contribution < 1.29 is 21.6 Å². The van der Waals surface area contributed by atoms with E-state index in [-0.39, 0.29) is 23.0 Å². The third kappa shape index (κ3) is 4.92. The van der Waals surface area contributed by atoms with Crippen LogP contribution in [0.2, 0.25) is 0 Å². The lowest BCUT2D eigenvalue weighted by atomic mass is 10.2. The minimum atomic E-state index is -4.51. The second-order valence-corrected chi connectivity index (χ2v) is 6.75. The first kappa shape index (κ1) is 16.6. The van der Waals surface area contributed by atoms with Crippen LogP contribution in [-0.4, -0.2) is 14.2 Å². The Morgan fingerprint density at radius 3 is 2.35 bits per heavy atom. The zero-order chi connectivity index (χ0) is 15.6. The Bertz CT molecular complexity index is 569. The normalized spacial score (nSPS) is 12.7. The number of anilines is 2. The van der Waals surface area contributed by atoms with Crippen molar-refractivity contribution in [1.82, 2.24) is 0 Å². The molecule has 1 aromatic carbocycles. The van der Waals surface area contributed by atoms with Crippen LogP contribution in [0, 0.1) is 5.92 Å². The third-order valence-electron chi connectivity index (χ3n) is 2.61. The van der Waals surface area contributed by atoms with Gasteiger partial charge in [-0.3, -0.25) is 4.72 Å². The average molecular weight is 310 g/mol. The van der Waals surface area contributed by atoms with E-state index >= 15 is 0 Å². The van der Waals surface area contributed by atoms with Crippen LogP contribution in [0.4, 0.5) is 24.5 Å². The number of sulfonamides is 1. The van der Waals surface area contributed by atoms with E-state index in [9.17, 15) is 21.6 Å². The molecule has 0 saturated carbocycles. The van der Waals surface area contributed by atoms with Crippen molar-refractivity contribution in [3.05, 3.63) is 23.8 Å². The minimum Gasteiger partial charge on any atom is -0.397 e. The maximum absolute atomic E-state index is 12.5. The second kappa shape index (κ2) is 5.90. The Labute approximate surface area is 116 Å². The molecule has 3 N–H and O–H groups in total. The van der Waals surface area contributed by atoms with E-state index in [0.29, 0.717) is 12.5 Å². The smallest absolute Gasteiger partial charge is 0.397 e. The molecule has 0 unspecified atom stereocenters. The standard InChI is InChI=1S/C12H17F3N2O2S/c1-8(2)5-6-20(18,19)17-11-4-3-9(7-10(11)16)12(13,14)15/h3-4,7-8,17H,5-6,16H2,1-2H3. The van der Waals surface area contributed by atoms with Crippen LogP contribution in [0.5, 0.6) is 0 Å². The summed E-state index contributed by atoms with van der Waals surface area (Å²) < 4.78 is 63.1. The van der Waals surface area contributed by atoms with Gasteiger partial charge in [-0.2, -0.15) is 13.2 Å². The highest BCUT2D eigenvalue weighted by molar-refractivity contribution is 7.92. The van der Waals surface area contributed by atoms with Crippen molar-refractivity contribution in [1.29, 1.82) is 0 Å². The third-order valence-corrected chi connectivity index (χ3v) is 3.91. The van der Waals surface area contributed by atoms with E-state index < -0.39 is 21.8 Å². The molecular weight excluding hydrogens is 293 g/mol. The summed E-state index contributed by atoms with van der Waals surface area (Å²) in [5.41, 5.74) is 4.24. The summed E-state index contributed by atoms with van der Waals surface area (Å²) in [6.07, 6.45) is -4.06. The summed E-state index contributed by atoms with van der Waals surface area (Å²) in [6.45, 7) is 3.75. The van der Waals surface area contributed by atoms with Gasteiger partial charge in [0.15, 0.2) is 0 Å². The molecule has 1 rings (SSSR count). The topological polar surface area (TPSA) is 72.2 Å². The fourth-order valence-corrected chi connectivity index (χ4v) is 2.85. The highest BCUT2D eigenvalue weighted by Gasteiger charge is 2.31. The molecule has 0 fully saturated rings. The molecule has 0 amide bonds. The first-order chi connectivity index (χ1) is 9.01. The number of halogens is 3. The fraction of sp³-hybridized carbons (Fsp3) is 0.500. The summed E-state index contributed by atoms with van der Waals surface area (Å²) in [5.74, 6) is 0.0991. The molecular formula is C12H17F3N2O2S. The van der Waals surface area contributed by atoms with Crippen LogP contribution in [-0.2, 0) is 16.2 Å². The largest absolute Gasteiger partial charge is 0.416 e. The number of alkyl halides is 3. The number of hydrogen-bond donors (Lipinski definition) is 2. The van der Waals surface area contributed by atoms with E-state index in [1.807, 2.05) is 13.8 Å². The molecule has 0 aliphatic heterocycles. The SMILES string of the molecule is CC(C)CCS(=O)(=O)Nc1ccc(C(F)(F)F)cc1N. The first-order valence-electron chi connectivity index (χ1n) is 5.98. The summed E-state index contributed by atoms with van der Waals surface area (Å²) in [4.78, 5) is 0. The number of nitrogens with one attached hydrogen (secondary N) is 1. The van der Waals surface area contributed by atoms with Crippen molar-refractivity contribution in [2.75, 3.05) is 16.2 Å². The molecule has 1 aromatic rings. The first-order valence-corrected chi connectivity index (χ1v) is 7.64. The lowest BCUT2D eigenvalue weighted by Gasteiger charge is -2.13. The maximum atomic E-state index is 12.5. The van der Waals surface area contributed by atoms with Crippen LogP contribution >= 0.6 is 0 Å². The van der Waals surface area contributed by atoms with Crippen LogP contribution in [0.3, 0.4) is 0 Å². The van der Waals surface area contributed by atoms with Crippen molar-refractivity contribution in [2.45, 2.75) is 26.4 Å². The number of nitrogens with two attached hydrogens (primary N) is 1. The van der Waals surface area contributed by atoms with Crippen molar-refractivity contribution >= 4 is 21.4 Å². The zero-order valence-electron chi connectivity index (χ0n) is 11.2. The molecule has 8 heteroatoms. The highest BCUT2D eigenvalue weighted by atomic mass is 32.2. The van der Waals surface area contributed by atoms with E-state index in [4.69, 9.17) is 5.73 Å². The van der Waals surface area contributed by atoms with Gasteiger partial charge in [0.1, 0.15) is 0 Å². The zero-order valence-corrected chi connectivity index (χ0v) is 12.0. The Morgan fingerprint density at radius 2 is 1.90 bits per heavy atom. The molecule has 0 aromatic heterocycles. The quantitative estimate of drug-likeness (QED) is 0.821. The predicted octanol–water partition coefficient (Wildman–Crippen LogP) is 3.08. The molecule has 0 radical (unpaired) electrons. The fourth-order valence-electron chi connectivity index (χ4n) is 1.44. The van der Waals surface area contributed by atoms with Gasteiger partial charge in [0.25, 0.3) is 0 Å². The Kier molecular flexibility index (Phi) is 4.90. The number of rotatable bonds is 5. The predicted molar refractivity (Wildman–Crippen MR) is 72.7 cm³/mol. The summed E-state index contributed by atoms with van der Waals surface area (Å²) in [6, 6.07) is 2.52. The van der Waals surface area contributed by atoms with Gasteiger partial charge < -0.3 is 5.73 Å².